The van der Waals surface area contributed by atoms with E-state index >= 15 is 0 Å². The van der Waals surface area contributed by atoms with Crippen LogP contribution in [-0.4, -0.2) is 15.1 Å². The molecule has 0 aliphatic rings. The van der Waals surface area contributed by atoms with Crippen molar-refractivity contribution in [3.05, 3.63) is 58.4 Å². The molecule has 7 heteroatoms. The van der Waals surface area contributed by atoms with Gasteiger partial charge in [-0.05, 0) is 47.1 Å². The van der Waals surface area contributed by atoms with E-state index in [9.17, 15) is 4.39 Å². The fourth-order valence-corrected chi connectivity index (χ4v) is 2.12. The molecule has 22 heavy (non-hydrogen) atoms. The molecule has 5 nitrogen and oxygen atoms in total. The maximum Gasteiger partial charge on any atom is 0.232 e. The van der Waals surface area contributed by atoms with Crippen molar-refractivity contribution in [1.82, 2.24) is 15.1 Å². The van der Waals surface area contributed by atoms with Gasteiger partial charge >= 0.3 is 0 Å². The van der Waals surface area contributed by atoms with Crippen molar-refractivity contribution in [3.8, 4) is 17.1 Å². The first-order valence-corrected chi connectivity index (χ1v) is 7.24. The molecule has 0 aliphatic heterocycles. The molecule has 3 aromatic rings. The number of aryl methyl sites for hydroxylation is 1. The zero-order chi connectivity index (χ0) is 15.5. The summed E-state index contributed by atoms with van der Waals surface area (Å²) in [5.74, 6) is 0.741. The summed E-state index contributed by atoms with van der Waals surface area (Å²) in [4.78, 5) is 8.13. The van der Waals surface area contributed by atoms with Crippen molar-refractivity contribution in [2.24, 2.45) is 0 Å². The molecule has 0 aliphatic carbocycles. The first-order valence-electron chi connectivity index (χ1n) is 6.45. The molecule has 0 amide bonds. The Morgan fingerprint density at radius 2 is 1.95 bits per heavy atom. The predicted molar refractivity (Wildman–Crippen MR) is 80.7 cm³/mol. The number of ether oxygens (including phenoxy) is 1. The monoisotopic (exact) mass is 363 g/mol. The Labute approximate surface area is 134 Å². The van der Waals surface area contributed by atoms with Gasteiger partial charge in [-0.15, -0.1) is 0 Å². The molecule has 112 valence electrons. The lowest BCUT2D eigenvalue weighted by Gasteiger charge is -2.05. The summed E-state index contributed by atoms with van der Waals surface area (Å²) in [6.45, 7) is 2.03. The van der Waals surface area contributed by atoms with Crippen LogP contribution in [0.2, 0.25) is 0 Å². The molecular weight excluding hydrogens is 353 g/mol. The summed E-state index contributed by atoms with van der Waals surface area (Å²) < 4.78 is 24.5. The van der Waals surface area contributed by atoms with Crippen LogP contribution in [0.3, 0.4) is 0 Å². The van der Waals surface area contributed by atoms with Crippen molar-refractivity contribution in [2.75, 3.05) is 0 Å². The Hall–Kier alpha value is -2.28. The minimum absolute atomic E-state index is 0.234. The van der Waals surface area contributed by atoms with E-state index in [1.165, 1.54) is 18.3 Å². The van der Waals surface area contributed by atoms with Gasteiger partial charge in [-0.3, -0.25) is 0 Å². The van der Waals surface area contributed by atoms with Crippen LogP contribution in [0.25, 0.3) is 11.3 Å². The molecule has 0 fully saturated rings. The number of benzene rings is 1. The lowest BCUT2D eigenvalue weighted by Crippen LogP contribution is -2.00. The summed E-state index contributed by atoms with van der Waals surface area (Å²) in [6.07, 6.45) is 3.07. The predicted octanol–water partition coefficient (Wildman–Crippen LogP) is 3.92. The highest BCUT2D eigenvalue weighted by atomic mass is 79.9. The molecule has 3 rings (SSSR count). The van der Waals surface area contributed by atoms with Gasteiger partial charge in [0.25, 0.3) is 0 Å². The van der Waals surface area contributed by atoms with Crippen molar-refractivity contribution < 1.29 is 13.7 Å². The SMILES string of the molecule is Cc1onc(-c2ccc(F)cc2)c1COc1cnc(Br)cn1. The van der Waals surface area contributed by atoms with Gasteiger partial charge < -0.3 is 9.26 Å². The van der Waals surface area contributed by atoms with E-state index in [2.05, 4.69) is 31.1 Å². The summed E-state index contributed by atoms with van der Waals surface area (Å²) in [7, 11) is 0. The standard InChI is InChI=1S/C15H11BrFN3O2/c1-9-12(8-21-14-7-18-13(16)6-19-14)15(20-22-9)10-2-4-11(17)5-3-10/h2-7H,8H2,1H3. The smallest absolute Gasteiger partial charge is 0.232 e. The summed E-state index contributed by atoms with van der Waals surface area (Å²) in [5.41, 5.74) is 2.18. The van der Waals surface area contributed by atoms with Crippen molar-refractivity contribution in [2.45, 2.75) is 13.5 Å². The average Bonchev–Trinajstić information content (AvgIpc) is 2.89. The first kappa shape index (κ1) is 14.6. The van der Waals surface area contributed by atoms with Crippen molar-refractivity contribution >= 4 is 15.9 Å². The lowest BCUT2D eigenvalue weighted by molar-refractivity contribution is 0.289. The van der Waals surface area contributed by atoms with Gasteiger partial charge in [0.2, 0.25) is 5.88 Å². The molecule has 2 heterocycles. The number of hydrogen-bond donors (Lipinski definition) is 0. The van der Waals surface area contributed by atoms with Gasteiger partial charge in [0, 0.05) is 5.56 Å². The van der Waals surface area contributed by atoms with Crippen LogP contribution < -0.4 is 4.74 Å². The van der Waals surface area contributed by atoms with E-state index in [-0.39, 0.29) is 12.4 Å². The number of rotatable bonds is 4. The quantitative estimate of drug-likeness (QED) is 0.702. The first-order chi connectivity index (χ1) is 10.6. The Kier molecular flexibility index (Phi) is 4.15. The van der Waals surface area contributed by atoms with E-state index < -0.39 is 0 Å². The van der Waals surface area contributed by atoms with E-state index in [4.69, 9.17) is 9.26 Å². The largest absolute Gasteiger partial charge is 0.471 e. The van der Waals surface area contributed by atoms with Crippen LogP contribution in [-0.2, 0) is 6.61 Å². The lowest BCUT2D eigenvalue weighted by atomic mass is 10.1. The number of hydrogen-bond acceptors (Lipinski definition) is 5. The number of halogens is 2. The number of aromatic nitrogens is 3. The molecular formula is C15H11BrFN3O2. The molecule has 0 spiro atoms. The minimum Gasteiger partial charge on any atom is -0.471 e. The molecule has 0 saturated carbocycles. The molecule has 0 N–H and O–H groups in total. The topological polar surface area (TPSA) is 61.0 Å². The maximum atomic E-state index is 13.0. The Bertz CT molecular complexity index is 772. The summed E-state index contributed by atoms with van der Waals surface area (Å²) in [5, 5.41) is 4.02. The normalized spacial score (nSPS) is 10.7. The zero-order valence-corrected chi connectivity index (χ0v) is 13.2. The van der Waals surface area contributed by atoms with Crippen LogP contribution in [0.1, 0.15) is 11.3 Å². The van der Waals surface area contributed by atoms with Gasteiger partial charge in [-0.2, -0.15) is 0 Å². The van der Waals surface area contributed by atoms with E-state index in [0.717, 1.165) is 11.1 Å². The third-order valence-electron chi connectivity index (χ3n) is 3.06. The van der Waals surface area contributed by atoms with Gasteiger partial charge in [0.15, 0.2) is 0 Å². The molecule has 0 atom stereocenters. The summed E-state index contributed by atoms with van der Waals surface area (Å²) >= 11 is 3.21. The Morgan fingerprint density at radius 3 is 2.64 bits per heavy atom. The second-order valence-corrected chi connectivity index (χ2v) is 5.35. The van der Waals surface area contributed by atoms with Crippen LogP contribution in [0.5, 0.6) is 5.88 Å². The van der Waals surface area contributed by atoms with Gasteiger partial charge in [-0.1, -0.05) is 5.16 Å². The van der Waals surface area contributed by atoms with Crippen LogP contribution >= 0.6 is 15.9 Å². The molecule has 0 saturated heterocycles. The van der Waals surface area contributed by atoms with Gasteiger partial charge in [-0.25, -0.2) is 14.4 Å². The fourth-order valence-electron chi connectivity index (χ4n) is 1.92. The second kappa shape index (κ2) is 6.23. The zero-order valence-electron chi connectivity index (χ0n) is 11.6. The third kappa shape index (κ3) is 3.14. The number of nitrogens with zero attached hydrogens (tertiary/aromatic N) is 3. The second-order valence-electron chi connectivity index (χ2n) is 4.54. The summed E-state index contributed by atoms with van der Waals surface area (Å²) in [6, 6.07) is 6.06. The highest BCUT2D eigenvalue weighted by molar-refractivity contribution is 9.10. The molecule has 1 aromatic carbocycles. The van der Waals surface area contributed by atoms with Crippen LogP contribution in [0, 0.1) is 12.7 Å². The van der Waals surface area contributed by atoms with Crippen molar-refractivity contribution in [1.29, 1.82) is 0 Å². The molecule has 0 unspecified atom stereocenters. The van der Waals surface area contributed by atoms with Crippen LogP contribution in [0.4, 0.5) is 4.39 Å². The average molecular weight is 364 g/mol. The third-order valence-corrected chi connectivity index (χ3v) is 3.47. The molecule has 0 radical (unpaired) electrons. The maximum absolute atomic E-state index is 13.0. The van der Waals surface area contributed by atoms with Crippen LogP contribution in [0.15, 0.2) is 45.8 Å². The fraction of sp³-hybridized carbons (Fsp3) is 0.133. The minimum atomic E-state index is -0.299. The van der Waals surface area contributed by atoms with E-state index in [0.29, 0.717) is 21.9 Å². The Balaban J connectivity index is 1.83. The van der Waals surface area contributed by atoms with Gasteiger partial charge in [0.1, 0.15) is 28.5 Å². The Morgan fingerprint density at radius 1 is 1.18 bits per heavy atom. The molecule has 2 aromatic heterocycles. The van der Waals surface area contributed by atoms with Crippen molar-refractivity contribution in [3.63, 3.8) is 0 Å². The van der Waals surface area contributed by atoms with E-state index in [1.54, 1.807) is 25.3 Å². The highest BCUT2D eigenvalue weighted by Gasteiger charge is 2.15. The van der Waals surface area contributed by atoms with Gasteiger partial charge in [0.05, 0.1) is 18.0 Å². The highest BCUT2D eigenvalue weighted by Crippen LogP contribution is 2.26. The van der Waals surface area contributed by atoms with E-state index in [1.807, 2.05) is 0 Å². The molecule has 0 bridgehead atoms.